The average Bonchev–Trinajstić information content (AvgIpc) is 3.13. The molecule has 2 aromatic carbocycles. The molecule has 28 heavy (non-hydrogen) atoms. The first-order chi connectivity index (χ1) is 13.4. The van der Waals surface area contributed by atoms with Crippen LogP contribution in [-0.2, 0) is 19.6 Å². The van der Waals surface area contributed by atoms with Crippen molar-refractivity contribution in [1.82, 2.24) is 20.4 Å². The molecule has 146 valence electrons. The highest BCUT2D eigenvalue weighted by Crippen LogP contribution is 2.26. The second kappa shape index (κ2) is 9.47. The molecule has 3 aromatic rings. The first kappa shape index (κ1) is 20.7. The van der Waals surface area contributed by atoms with Crippen molar-refractivity contribution >= 4 is 40.4 Å². The van der Waals surface area contributed by atoms with Crippen molar-refractivity contribution in [1.29, 1.82) is 0 Å². The number of carbonyl (C=O) groups is 1. The fraction of sp³-hybridized carbons (Fsp3) is 0.250. The molecule has 0 atom stereocenters. The molecule has 3 rings (SSSR count). The molecular formula is C20H20Cl2N4OS. The standard InChI is InChI=1S/C20H20Cl2N4OS/c1-13-6-8-14(9-7-13)10-23-19(27)20-25-24-17(28-20)12-26(2)11-15-4-3-5-16(21)18(15)22/h3-9H,10-12H2,1-2H3,(H,23,27). The van der Waals surface area contributed by atoms with E-state index in [1.807, 2.05) is 55.3 Å². The molecule has 0 aliphatic rings. The molecule has 0 saturated carbocycles. The summed E-state index contributed by atoms with van der Waals surface area (Å²) in [6, 6.07) is 13.6. The number of aryl methyl sites for hydroxylation is 1. The fourth-order valence-electron chi connectivity index (χ4n) is 2.62. The van der Waals surface area contributed by atoms with Crippen LogP contribution >= 0.6 is 34.5 Å². The van der Waals surface area contributed by atoms with Crippen LogP contribution in [0.4, 0.5) is 0 Å². The first-order valence-corrected chi connectivity index (χ1v) is 10.3. The van der Waals surface area contributed by atoms with Crippen molar-refractivity contribution < 1.29 is 4.79 Å². The lowest BCUT2D eigenvalue weighted by atomic mass is 10.1. The minimum Gasteiger partial charge on any atom is -0.346 e. The summed E-state index contributed by atoms with van der Waals surface area (Å²) in [4.78, 5) is 14.4. The molecule has 1 amide bonds. The van der Waals surface area contributed by atoms with Crippen molar-refractivity contribution in [3.63, 3.8) is 0 Å². The molecule has 0 saturated heterocycles. The summed E-state index contributed by atoms with van der Waals surface area (Å²) in [7, 11) is 1.95. The van der Waals surface area contributed by atoms with Gasteiger partial charge in [-0.15, -0.1) is 10.2 Å². The maximum atomic E-state index is 12.3. The van der Waals surface area contributed by atoms with Crippen LogP contribution in [0.25, 0.3) is 0 Å². The zero-order valence-electron chi connectivity index (χ0n) is 15.6. The predicted octanol–water partition coefficient (Wildman–Crippen LogP) is 4.72. The van der Waals surface area contributed by atoms with Gasteiger partial charge in [-0.3, -0.25) is 9.69 Å². The summed E-state index contributed by atoms with van der Waals surface area (Å²) in [6.07, 6.45) is 0. The lowest BCUT2D eigenvalue weighted by molar-refractivity contribution is 0.0950. The summed E-state index contributed by atoms with van der Waals surface area (Å²) in [5.74, 6) is -0.218. The maximum Gasteiger partial charge on any atom is 0.282 e. The van der Waals surface area contributed by atoms with E-state index < -0.39 is 0 Å². The van der Waals surface area contributed by atoms with Gasteiger partial charge in [-0.05, 0) is 31.2 Å². The Kier molecular flexibility index (Phi) is 7.02. The van der Waals surface area contributed by atoms with Crippen LogP contribution in [0.3, 0.4) is 0 Å². The highest BCUT2D eigenvalue weighted by molar-refractivity contribution is 7.13. The van der Waals surface area contributed by atoms with E-state index in [1.165, 1.54) is 16.9 Å². The van der Waals surface area contributed by atoms with Crippen LogP contribution in [0.5, 0.6) is 0 Å². The van der Waals surface area contributed by atoms with Crippen LogP contribution < -0.4 is 5.32 Å². The summed E-state index contributed by atoms with van der Waals surface area (Å²) >= 11 is 13.6. The van der Waals surface area contributed by atoms with Gasteiger partial charge in [0.1, 0.15) is 5.01 Å². The number of aromatic nitrogens is 2. The van der Waals surface area contributed by atoms with Crippen LogP contribution in [0.15, 0.2) is 42.5 Å². The Hall–Kier alpha value is -1.99. The number of rotatable bonds is 7. The second-order valence-corrected chi connectivity index (χ2v) is 8.40. The van der Waals surface area contributed by atoms with E-state index in [1.54, 1.807) is 6.07 Å². The topological polar surface area (TPSA) is 58.1 Å². The van der Waals surface area contributed by atoms with Gasteiger partial charge >= 0.3 is 0 Å². The van der Waals surface area contributed by atoms with Gasteiger partial charge in [-0.2, -0.15) is 0 Å². The van der Waals surface area contributed by atoms with Gasteiger partial charge in [0.05, 0.1) is 16.6 Å². The molecule has 1 heterocycles. The van der Waals surface area contributed by atoms with E-state index in [4.69, 9.17) is 23.2 Å². The van der Waals surface area contributed by atoms with Crippen molar-refractivity contribution in [3.05, 3.63) is 79.2 Å². The van der Waals surface area contributed by atoms with Gasteiger partial charge in [0, 0.05) is 13.1 Å². The fourth-order valence-corrected chi connectivity index (χ4v) is 3.84. The SMILES string of the molecule is Cc1ccc(CNC(=O)c2nnc(CN(C)Cc3cccc(Cl)c3Cl)s2)cc1. The van der Waals surface area contributed by atoms with E-state index in [-0.39, 0.29) is 5.91 Å². The smallest absolute Gasteiger partial charge is 0.282 e. The maximum absolute atomic E-state index is 12.3. The summed E-state index contributed by atoms with van der Waals surface area (Å²) in [5, 5.41) is 13.2. The predicted molar refractivity (Wildman–Crippen MR) is 114 cm³/mol. The van der Waals surface area contributed by atoms with Crippen molar-refractivity contribution in [3.8, 4) is 0 Å². The third kappa shape index (κ3) is 5.52. The van der Waals surface area contributed by atoms with E-state index in [0.717, 1.165) is 16.1 Å². The Balaban J connectivity index is 1.54. The van der Waals surface area contributed by atoms with Gasteiger partial charge in [0.15, 0.2) is 0 Å². The zero-order valence-corrected chi connectivity index (χ0v) is 17.9. The molecule has 5 nitrogen and oxygen atoms in total. The molecule has 1 N–H and O–H groups in total. The highest BCUT2D eigenvalue weighted by Gasteiger charge is 2.15. The normalized spacial score (nSPS) is 11.0. The van der Waals surface area contributed by atoms with Crippen LogP contribution in [0.1, 0.15) is 31.5 Å². The van der Waals surface area contributed by atoms with Crippen molar-refractivity contribution in [2.24, 2.45) is 0 Å². The number of hydrogen-bond acceptors (Lipinski definition) is 5. The van der Waals surface area contributed by atoms with Crippen LogP contribution in [0.2, 0.25) is 10.0 Å². The summed E-state index contributed by atoms with van der Waals surface area (Å²) in [5.41, 5.74) is 3.17. The lowest BCUT2D eigenvalue weighted by Gasteiger charge is -2.16. The Morgan fingerprint density at radius 2 is 1.86 bits per heavy atom. The zero-order chi connectivity index (χ0) is 20.1. The van der Waals surface area contributed by atoms with E-state index in [2.05, 4.69) is 15.5 Å². The molecule has 0 fully saturated rings. The van der Waals surface area contributed by atoms with Gasteiger partial charge in [-0.1, -0.05) is 76.5 Å². The third-order valence-corrected chi connectivity index (χ3v) is 5.88. The van der Waals surface area contributed by atoms with E-state index in [9.17, 15) is 4.79 Å². The average molecular weight is 435 g/mol. The molecule has 0 radical (unpaired) electrons. The molecular weight excluding hydrogens is 415 g/mol. The van der Waals surface area contributed by atoms with E-state index in [0.29, 0.717) is 34.7 Å². The number of benzene rings is 2. The van der Waals surface area contributed by atoms with Crippen molar-refractivity contribution in [2.45, 2.75) is 26.6 Å². The number of nitrogens with one attached hydrogen (secondary N) is 1. The minimum atomic E-state index is -0.218. The molecule has 8 heteroatoms. The number of amides is 1. The number of nitrogens with zero attached hydrogens (tertiary/aromatic N) is 3. The highest BCUT2D eigenvalue weighted by atomic mass is 35.5. The molecule has 0 spiro atoms. The Bertz CT molecular complexity index is 959. The molecule has 0 aliphatic heterocycles. The first-order valence-electron chi connectivity index (χ1n) is 8.70. The lowest BCUT2D eigenvalue weighted by Crippen LogP contribution is -2.22. The Labute approximate surface area is 178 Å². The quantitative estimate of drug-likeness (QED) is 0.584. The van der Waals surface area contributed by atoms with E-state index >= 15 is 0 Å². The van der Waals surface area contributed by atoms with Crippen LogP contribution in [0, 0.1) is 6.92 Å². The number of carbonyl (C=O) groups excluding carboxylic acids is 1. The molecule has 0 unspecified atom stereocenters. The molecule has 0 aliphatic carbocycles. The minimum absolute atomic E-state index is 0.218. The van der Waals surface area contributed by atoms with Gasteiger partial charge in [0.25, 0.3) is 5.91 Å². The Morgan fingerprint density at radius 1 is 1.11 bits per heavy atom. The van der Waals surface area contributed by atoms with Gasteiger partial charge in [0.2, 0.25) is 5.01 Å². The molecule has 1 aromatic heterocycles. The van der Waals surface area contributed by atoms with Gasteiger partial charge < -0.3 is 5.32 Å². The largest absolute Gasteiger partial charge is 0.346 e. The monoisotopic (exact) mass is 434 g/mol. The number of halogens is 2. The second-order valence-electron chi connectivity index (χ2n) is 6.55. The van der Waals surface area contributed by atoms with Crippen LogP contribution in [-0.4, -0.2) is 28.1 Å². The van der Waals surface area contributed by atoms with Gasteiger partial charge in [-0.25, -0.2) is 0 Å². The third-order valence-electron chi connectivity index (χ3n) is 4.11. The van der Waals surface area contributed by atoms with Crippen molar-refractivity contribution in [2.75, 3.05) is 7.05 Å². The Morgan fingerprint density at radius 3 is 2.61 bits per heavy atom. The summed E-state index contributed by atoms with van der Waals surface area (Å²) < 4.78 is 0. The molecule has 0 bridgehead atoms. The number of hydrogen-bond donors (Lipinski definition) is 1. The summed E-state index contributed by atoms with van der Waals surface area (Å²) in [6.45, 7) is 3.67.